The number of benzene rings is 2. The monoisotopic (exact) mass is 520 g/mol. The number of carbonyl (C=O) groups is 2. The van der Waals surface area contributed by atoms with Crippen LogP contribution in [-0.4, -0.2) is 41.7 Å². The molecule has 5 nitrogen and oxygen atoms in total. The van der Waals surface area contributed by atoms with Crippen LogP contribution in [0.2, 0.25) is 0 Å². The molecule has 7 heteroatoms. The fourth-order valence-electron chi connectivity index (χ4n) is 3.21. The van der Waals surface area contributed by atoms with E-state index in [0.29, 0.717) is 18.7 Å². The van der Waals surface area contributed by atoms with Gasteiger partial charge in [-0.25, -0.2) is 0 Å². The molecule has 0 aromatic heterocycles. The number of hydrogen-bond acceptors (Lipinski definition) is 4. The quantitative estimate of drug-likeness (QED) is 0.406. The van der Waals surface area contributed by atoms with E-state index >= 15 is 0 Å². The van der Waals surface area contributed by atoms with Crippen molar-refractivity contribution in [2.45, 2.75) is 58.0 Å². The lowest BCUT2D eigenvalue weighted by atomic mass is 10.1. The largest absolute Gasteiger partial charge is 0.497 e. The van der Waals surface area contributed by atoms with Crippen LogP contribution in [0.5, 0.6) is 5.75 Å². The topological polar surface area (TPSA) is 58.6 Å². The minimum Gasteiger partial charge on any atom is -0.497 e. The molecule has 0 saturated heterocycles. The van der Waals surface area contributed by atoms with Crippen molar-refractivity contribution < 1.29 is 14.3 Å². The summed E-state index contributed by atoms with van der Waals surface area (Å²) in [5.41, 5.74) is 2.13. The van der Waals surface area contributed by atoms with Crippen molar-refractivity contribution >= 4 is 39.5 Å². The Kier molecular flexibility index (Phi) is 11.1. The normalized spacial score (nSPS) is 12.7. The summed E-state index contributed by atoms with van der Waals surface area (Å²) in [7, 11) is 1.62. The molecule has 0 aliphatic carbocycles. The van der Waals surface area contributed by atoms with Gasteiger partial charge >= 0.3 is 0 Å². The average molecular weight is 522 g/mol. The number of rotatable bonds is 12. The van der Waals surface area contributed by atoms with Gasteiger partial charge in [0.05, 0.1) is 12.9 Å². The van der Waals surface area contributed by atoms with Crippen LogP contribution in [0.15, 0.2) is 53.0 Å². The highest BCUT2D eigenvalue weighted by atomic mass is 79.9. The molecule has 2 rings (SSSR count). The Hall–Kier alpha value is -1.99. The first-order chi connectivity index (χ1) is 15.4. The molecule has 0 aliphatic heterocycles. The Bertz CT molecular complexity index is 858. The minimum absolute atomic E-state index is 0.0333. The third-order valence-electron chi connectivity index (χ3n) is 5.31. The number of hydrogen-bond donors (Lipinski definition) is 1. The maximum Gasteiger partial charge on any atom is 0.243 e. The van der Waals surface area contributed by atoms with Crippen molar-refractivity contribution in [2.24, 2.45) is 0 Å². The smallest absolute Gasteiger partial charge is 0.243 e. The fourth-order valence-corrected chi connectivity index (χ4v) is 4.34. The van der Waals surface area contributed by atoms with Crippen LogP contribution in [0.1, 0.15) is 44.7 Å². The summed E-state index contributed by atoms with van der Waals surface area (Å²) in [6.07, 6.45) is 1.40. The van der Waals surface area contributed by atoms with Crippen molar-refractivity contribution in [3.63, 3.8) is 0 Å². The molecule has 0 aliphatic rings. The number of methoxy groups -OCH3 is 1. The van der Waals surface area contributed by atoms with Gasteiger partial charge < -0.3 is 15.0 Å². The average Bonchev–Trinajstić information content (AvgIpc) is 2.80. The van der Waals surface area contributed by atoms with Crippen molar-refractivity contribution in [3.05, 3.63) is 64.1 Å². The number of nitrogens with zero attached hydrogens (tertiary/aromatic N) is 1. The number of halogens is 1. The molecule has 174 valence electrons. The van der Waals surface area contributed by atoms with Gasteiger partial charge in [0, 0.05) is 22.8 Å². The molecule has 2 amide bonds. The van der Waals surface area contributed by atoms with E-state index in [1.807, 2.05) is 69.3 Å². The van der Waals surface area contributed by atoms with E-state index in [1.165, 1.54) is 0 Å². The zero-order valence-corrected chi connectivity index (χ0v) is 21.7. The molecule has 0 heterocycles. The Morgan fingerprint density at radius 3 is 2.22 bits per heavy atom. The summed E-state index contributed by atoms with van der Waals surface area (Å²) < 4.78 is 6.27. The van der Waals surface area contributed by atoms with Gasteiger partial charge in [0.1, 0.15) is 11.8 Å². The van der Waals surface area contributed by atoms with Crippen molar-refractivity contribution in [1.29, 1.82) is 0 Å². The van der Waals surface area contributed by atoms with Crippen LogP contribution >= 0.6 is 27.7 Å². The van der Waals surface area contributed by atoms with Crippen molar-refractivity contribution in [3.8, 4) is 5.75 Å². The second kappa shape index (κ2) is 13.5. The Morgan fingerprint density at radius 1 is 1.03 bits per heavy atom. The lowest BCUT2D eigenvalue weighted by Crippen LogP contribution is -2.51. The number of thioether (sulfide) groups is 1. The first-order valence-corrected chi connectivity index (χ1v) is 12.9. The predicted octanol–water partition coefficient (Wildman–Crippen LogP) is 5.41. The molecular weight excluding hydrogens is 488 g/mol. The standard InChI is InChI=1S/C25H33BrN2O3S/c1-5-18(3)27-25(30)23(6-2)28(15-19-9-13-22(31-4)14-10-19)24(29)17-32-16-20-7-11-21(26)12-8-20/h7-14,18,23H,5-6,15-17H2,1-4H3,(H,27,30)/t18-,23+/m0/s1. The maximum atomic E-state index is 13.3. The molecule has 2 aromatic carbocycles. The summed E-state index contributed by atoms with van der Waals surface area (Å²) in [4.78, 5) is 28.0. The fraction of sp³-hybridized carbons (Fsp3) is 0.440. The molecule has 0 unspecified atom stereocenters. The van der Waals surface area contributed by atoms with Crippen LogP contribution in [-0.2, 0) is 21.9 Å². The molecule has 1 N–H and O–H groups in total. The molecule has 0 spiro atoms. The van der Waals surface area contributed by atoms with Crippen LogP contribution in [0.4, 0.5) is 0 Å². The third kappa shape index (κ3) is 8.17. The highest BCUT2D eigenvalue weighted by molar-refractivity contribution is 9.10. The first-order valence-electron chi connectivity index (χ1n) is 10.9. The first kappa shape index (κ1) is 26.3. The van der Waals surface area contributed by atoms with Gasteiger partial charge in [0.25, 0.3) is 0 Å². The van der Waals surface area contributed by atoms with Crippen LogP contribution in [0.25, 0.3) is 0 Å². The van der Waals surface area contributed by atoms with Crippen molar-refractivity contribution in [2.75, 3.05) is 12.9 Å². The molecular formula is C25H33BrN2O3S. The molecule has 2 aromatic rings. The van der Waals surface area contributed by atoms with Gasteiger partial charge in [0.15, 0.2) is 0 Å². The zero-order chi connectivity index (χ0) is 23.5. The van der Waals surface area contributed by atoms with Crippen molar-refractivity contribution in [1.82, 2.24) is 10.2 Å². The highest BCUT2D eigenvalue weighted by Crippen LogP contribution is 2.20. The molecule has 0 radical (unpaired) electrons. The summed E-state index contributed by atoms with van der Waals surface area (Å²) >= 11 is 5.01. The molecule has 0 bridgehead atoms. The van der Waals surface area contributed by atoms with E-state index in [4.69, 9.17) is 4.74 Å². The minimum atomic E-state index is -0.508. The van der Waals surface area contributed by atoms with Crippen LogP contribution in [0.3, 0.4) is 0 Å². The SMILES string of the molecule is CC[C@H](C(=O)N[C@@H](C)CC)N(Cc1ccc(OC)cc1)C(=O)CSCc1ccc(Br)cc1. The van der Waals surface area contributed by atoms with Gasteiger partial charge in [-0.15, -0.1) is 11.8 Å². The van der Waals surface area contributed by atoms with Crippen LogP contribution in [0, 0.1) is 0 Å². The Labute approximate surface area is 204 Å². The van der Waals surface area contributed by atoms with E-state index in [1.54, 1.807) is 23.8 Å². The second-order valence-corrected chi connectivity index (χ2v) is 9.63. The lowest BCUT2D eigenvalue weighted by molar-refractivity contribution is -0.139. The van der Waals surface area contributed by atoms with Gasteiger partial charge in [-0.05, 0) is 55.2 Å². The van der Waals surface area contributed by atoms with E-state index in [2.05, 4.69) is 21.2 Å². The van der Waals surface area contributed by atoms with E-state index in [-0.39, 0.29) is 17.9 Å². The molecule has 0 saturated carbocycles. The number of nitrogens with one attached hydrogen (secondary N) is 1. The van der Waals surface area contributed by atoms with E-state index in [9.17, 15) is 9.59 Å². The summed E-state index contributed by atoms with van der Waals surface area (Å²) in [5.74, 6) is 1.69. The maximum absolute atomic E-state index is 13.3. The summed E-state index contributed by atoms with van der Waals surface area (Å²) in [6, 6.07) is 15.3. The second-order valence-electron chi connectivity index (χ2n) is 7.73. The van der Waals surface area contributed by atoms with Gasteiger partial charge in [-0.3, -0.25) is 9.59 Å². The van der Waals surface area contributed by atoms with Gasteiger partial charge in [-0.2, -0.15) is 0 Å². The van der Waals surface area contributed by atoms with E-state index in [0.717, 1.165) is 33.5 Å². The van der Waals surface area contributed by atoms with Crippen LogP contribution < -0.4 is 10.1 Å². The zero-order valence-electron chi connectivity index (χ0n) is 19.3. The Morgan fingerprint density at radius 2 is 1.66 bits per heavy atom. The van der Waals surface area contributed by atoms with E-state index < -0.39 is 6.04 Å². The highest BCUT2D eigenvalue weighted by Gasteiger charge is 2.29. The molecule has 0 fully saturated rings. The summed E-state index contributed by atoms with van der Waals surface area (Å²) in [5, 5.41) is 3.04. The number of carbonyl (C=O) groups excluding carboxylic acids is 2. The molecule has 32 heavy (non-hydrogen) atoms. The lowest BCUT2D eigenvalue weighted by Gasteiger charge is -2.31. The third-order valence-corrected chi connectivity index (χ3v) is 6.82. The number of amides is 2. The van der Waals surface area contributed by atoms with Gasteiger partial charge in [0.2, 0.25) is 11.8 Å². The number of ether oxygens (including phenoxy) is 1. The molecule has 2 atom stereocenters. The Balaban J connectivity index is 2.13. The predicted molar refractivity (Wildman–Crippen MR) is 136 cm³/mol. The summed E-state index contributed by atoms with van der Waals surface area (Å²) in [6.45, 7) is 6.34. The van der Waals surface area contributed by atoms with Gasteiger partial charge in [-0.1, -0.05) is 54.0 Å².